The van der Waals surface area contributed by atoms with Gasteiger partial charge in [-0.1, -0.05) is 6.92 Å². The Labute approximate surface area is 106 Å². The zero-order valence-electron chi connectivity index (χ0n) is 10.9. The van der Waals surface area contributed by atoms with E-state index in [9.17, 15) is 0 Å². The van der Waals surface area contributed by atoms with Gasteiger partial charge in [0.05, 0.1) is 23.8 Å². The SMILES string of the molecule is CCCNc1cncc(Nc2cn(C)nc2C)n1. The highest BCUT2D eigenvalue weighted by molar-refractivity contribution is 5.58. The molecule has 96 valence electrons. The Morgan fingerprint density at radius 3 is 2.72 bits per heavy atom. The second kappa shape index (κ2) is 5.48. The minimum Gasteiger partial charge on any atom is -0.369 e. The number of nitrogens with zero attached hydrogens (tertiary/aromatic N) is 4. The predicted octanol–water partition coefficient (Wildman–Crippen LogP) is 2.08. The second-order valence-electron chi connectivity index (χ2n) is 4.14. The molecule has 0 bridgehead atoms. The number of nitrogens with one attached hydrogen (secondary N) is 2. The van der Waals surface area contributed by atoms with Crippen molar-refractivity contribution >= 4 is 17.3 Å². The lowest BCUT2D eigenvalue weighted by atomic mass is 10.4. The maximum Gasteiger partial charge on any atom is 0.151 e. The van der Waals surface area contributed by atoms with Crippen LogP contribution in [-0.4, -0.2) is 26.3 Å². The van der Waals surface area contributed by atoms with Gasteiger partial charge in [-0.25, -0.2) is 4.98 Å². The van der Waals surface area contributed by atoms with Crippen molar-refractivity contribution in [2.24, 2.45) is 7.05 Å². The van der Waals surface area contributed by atoms with Crippen molar-refractivity contribution in [1.82, 2.24) is 19.7 Å². The van der Waals surface area contributed by atoms with Crippen LogP contribution in [0.2, 0.25) is 0 Å². The quantitative estimate of drug-likeness (QED) is 0.845. The van der Waals surface area contributed by atoms with Crippen LogP contribution in [0.25, 0.3) is 0 Å². The van der Waals surface area contributed by atoms with Crippen LogP contribution >= 0.6 is 0 Å². The van der Waals surface area contributed by atoms with Gasteiger partial charge in [0.2, 0.25) is 0 Å². The van der Waals surface area contributed by atoms with Crippen LogP contribution in [-0.2, 0) is 7.05 Å². The molecular weight excluding hydrogens is 228 g/mol. The zero-order chi connectivity index (χ0) is 13.0. The summed E-state index contributed by atoms with van der Waals surface area (Å²) in [6.45, 7) is 4.96. The number of aromatic nitrogens is 4. The first-order valence-corrected chi connectivity index (χ1v) is 6.02. The number of rotatable bonds is 5. The van der Waals surface area contributed by atoms with Gasteiger partial charge in [0, 0.05) is 19.8 Å². The van der Waals surface area contributed by atoms with E-state index in [0.29, 0.717) is 5.82 Å². The molecule has 2 heterocycles. The normalized spacial score (nSPS) is 10.4. The standard InChI is InChI=1S/C12H18N6/c1-4-5-14-11-6-13-7-12(16-11)15-10-8-18(3)17-9(10)2/h6-8H,4-5H2,1-3H3,(H2,14,15,16). The van der Waals surface area contributed by atoms with E-state index in [1.54, 1.807) is 17.1 Å². The molecule has 2 aromatic rings. The summed E-state index contributed by atoms with van der Waals surface area (Å²) in [5.74, 6) is 1.50. The predicted molar refractivity (Wildman–Crippen MR) is 72.0 cm³/mol. The zero-order valence-corrected chi connectivity index (χ0v) is 10.9. The molecule has 2 N–H and O–H groups in total. The molecular formula is C12H18N6. The first-order chi connectivity index (χ1) is 8.69. The lowest BCUT2D eigenvalue weighted by molar-refractivity contribution is 0.756. The maximum absolute atomic E-state index is 4.43. The molecule has 0 aromatic carbocycles. The highest BCUT2D eigenvalue weighted by atomic mass is 15.3. The van der Waals surface area contributed by atoms with Crippen LogP contribution in [0, 0.1) is 6.92 Å². The van der Waals surface area contributed by atoms with E-state index in [4.69, 9.17) is 0 Å². The van der Waals surface area contributed by atoms with Gasteiger partial charge >= 0.3 is 0 Å². The summed E-state index contributed by atoms with van der Waals surface area (Å²) in [5.41, 5.74) is 1.88. The largest absolute Gasteiger partial charge is 0.369 e. The van der Waals surface area contributed by atoms with Gasteiger partial charge < -0.3 is 10.6 Å². The van der Waals surface area contributed by atoms with Crippen LogP contribution in [0.3, 0.4) is 0 Å². The third-order valence-electron chi connectivity index (χ3n) is 2.47. The van der Waals surface area contributed by atoms with Crippen molar-refractivity contribution in [2.45, 2.75) is 20.3 Å². The Morgan fingerprint density at radius 2 is 2.06 bits per heavy atom. The van der Waals surface area contributed by atoms with E-state index < -0.39 is 0 Å². The van der Waals surface area contributed by atoms with Crippen molar-refractivity contribution in [1.29, 1.82) is 0 Å². The van der Waals surface area contributed by atoms with Crippen molar-refractivity contribution in [3.05, 3.63) is 24.3 Å². The first-order valence-electron chi connectivity index (χ1n) is 6.02. The van der Waals surface area contributed by atoms with Gasteiger partial charge in [0.25, 0.3) is 0 Å². The van der Waals surface area contributed by atoms with Gasteiger partial charge in [0.15, 0.2) is 5.82 Å². The summed E-state index contributed by atoms with van der Waals surface area (Å²) < 4.78 is 1.77. The monoisotopic (exact) mass is 246 g/mol. The smallest absolute Gasteiger partial charge is 0.151 e. The van der Waals surface area contributed by atoms with E-state index in [1.807, 2.05) is 20.2 Å². The van der Waals surface area contributed by atoms with Gasteiger partial charge in [-0.3, -0.25) is 9.67 Å². The first kappa shape index (κ1) is 12.3. The lowest BCUT2D eigenvalue weighted by Gasteiger charge is -2.07. The molecule has 6 nitrogen and oxygen atoms in total. The molecule has 0 saturated heterocycles. The summed E-state index contributed by atoms with van der Waals surface area (Å²) in [5, 5.41) is 10.7. The van der Waals surface area contributed by atoms with Crippen molar-refractivity contribution in [3.63, 3.8) is 0 Å². The fourth-order valence-electron chi connectivity index (χ4n) is 1.62. The summed E-state index contributed by atoms with van der Waals surface area (Å²) in [4.78, 5) is 8.59. The summed E-state index contributed by atoms with van der Waals surface area (Å²) in [6.07, 6.45) is 6.39. The van der Waals surface area contributed by atoms with Crippen LogP contribution < -0.4 is 10.6 Å². The van der Waals surface area contributed by atoms with Gasteiger partial charge in [-0.2, -0.15) is 5.10 Å². The average Bonchev–Trinajstić information content (AvgIpc) is 2.66. The van der Waals surface area contributed by atoms with E-state index in [0.717, 1.165) is 30.2 Å². The number of aryl methyl sites for hydroxylation is 2. The van der Waals surface area contributed by atoms with Crippen molar-refractivity contribution in [3.8, 4) is 0 Å². The Morgan fingerprint density at radius 1 is 1.28 bits per heavy atom. The third-order valence-corrected chi connectivity index (χ3v) is 2.47. The topological polar surface area (TPSA) is 67.7 Å². The molecule has 0 aliphatic rings. The van der Waals surface area contributed by atoms with E-state index >= 15 is 0 Å². The molecule has 0 aliphatic carbocycles. The van der Waals surface area contributed by atoms with E-state index in [1.165, 1.54) is 0 Å². The highest BCUT2D eigenvalue weighted by Gasteiger charge is 2.04. The minimum absolute atomic E-state index is 0.715. The third kappa shape index (κ3) is 2.97. The molecule has 2 aromatic heterocycles. The van der Waals surface area contributed by atoms with E-state index in [-0.39, 0.29) is 0 Å². The molecule has 2 rings (SSSR count). The minimum atomic E-state index is 0.715. The van der Waals surface area contributed by atoms with Crippen LogP contribution in [0.1, 0.15) is 19.0 Å². The van der Waals surface area contributed by atoms with Gasteiger partial charge in [0.1, 0.15) is 5.82 Å². The molecule has 0 aliphatic heterocycles. The van der Waals surface area contributed by atoms with Crippen LogP contribution in [0.4, 0.5) is 17.3 Å². The molecule has 0 unspecified atom stereocenters. The Kier molecular flexibility index (Phi) is 3.76. The van der Waals surface area contributed by atoms with E-state index in [2.05, 4.69) is 32.6 Å². The Hall–Kier alpha value is -2.11. The van der Waals surface area contributed by atoms with Crippen LogP contribution in [0.15, 0.2) is 18.6 Å². The molecule has 18 heavy (non-hydrogen) atoms. The molecule has 6 heteroatoms. The van der Waals surface area contributed by atoms with Crippen LogP contribution in [0.5, 0.6) is 0 Å². The van der Waals surface area contributed by atoms with Gasteiger partial charge in [-0.15, -0.1) is 0 Å². The molecule has 0 fully saturated rings. The second-order valence-corrected chi connectivity index (χ2v) is 4.14. The number of anilines is 3. The fourth-order valence-corrected chi connectivity index (χ4v) is 1.62. The number of hydrogen-bond donors (Lipinski definition) is 2. The summed E-state index contributed by atoms with van der Waals surface area (Å²) in [6, 6.07) is 0. The molecule has 0 spiro atoms. The number of hydrogen-bond acceptors (Lipinski definition) is 5. The molecule has 0 amide bonds. The molecule has 0 saturated carbocycles. The lowest BCUT2D eigenvalue weighted by Crippen LogP contribution is -2.04. The highest BCUT2D eigenvalue weighted by Crippen LogP contribution is 2.17. The summed E-state index contributed by atoms with van der Waals surface area (Å²) >= 11 is 0. The summed E-state index contributed by atoms with van der Waals surface area (Å²) in [7, 11) is 1.89. The maximum atomic E-state index is 4.43. The van der Waals surface area contributed by atoms with Crippen molar-refractivity contribution in [2.75, 3.05) is 17.2 Å². The van der Waals surface area contributed by atoms with Crippen molar-refractivity contribution < 1.29 is 0 Å². The Balaban J connectivity index is 2.11. The van der Waals surface area contributed by atoms with Gasteiger partial charge in [-0.05, 0) is 13.3 Å². The Bertz CT molecular complexity index is 519. The molecule has 0 atom stereocenters. The molecule has 0 radical (unpaired) electrons. The fraction of sp³-hybridized carbons (Fsp3) is 0.417. The average molecular weight is 246 g/mol.